The first-order valence-electron chi connectivity index (χ1n) is 7.20. The maximum atomic E-state index is 12.1. The standard InChI is InChI=1S/C15H21N3O/c19-15(12-10-16-11-12)17-13-6-2-3-7-14(13)18-8-4-1-5-9-18/h2-3,6-7,12,16H,1,4-5,8-11H2,(H,17,19). The minimum Gasteiger partial charge on any atom is -0.370 e. The summed E-state index contributed by atoms with van der Waals surface area (Å²) in [5, 5.41) is 6.22. The molecule has 0 bridgehead atoms. The highest BCUT2D eigenvalue weighted by Gasteiger charge is 2.25. The monoisotopic (exact) mass is 259 g/mol. The maximum absolute atomic E-state index is 12.1. The zero-order valence-electron chi connectivity index (χ0n) is 11.2. The lowest BCUT2D eigenvalue weighted by Gasteiger charge is -2.31. The second-order valence-corrected chi connectivity index (χ2v) is 5.41. The van der Waals surface area contributed by atoms with Crippen LogP contribution >= 0.6 is 0 Å². The van der Waals surface area contributed by atoms with Crippen LogP contribution in [0.1, 0.15) is 19.3 Å². The Kier molecular flexibility index (Phi) is 3.69. The van der Waals surface area contributed by atoms with E-state index in [1.165, 1.54) is 24.9 Å². The van der Waals surface area contributed by atoms with Gasteiger partial charge in [0.15, 0.2) is 0 Å². The topological polar surface area (TPSA) is 44.4 Å². The lowest BCUT2D eigenvalue weighted by Crippen LogP contribution is -2.48. The van der Waals surface area contributed by atoms with Gasteiger partial charge in [0.2, 0.25) is 5.91 Å². The molecule has 2 N–H and O–H groups in total. The third-order valence-electron chi connectivity index (χ3n) is 4.01. The average molecular weight is 259 g/mol. The molecule has 1 aromatic rings. The third-order valence-corrected chi connectivity index (χ3v) is 4.01. The van der Waals surface area contributed by atoms with Crippen molar-refractivity contribution in [3.05, 3.63) is 24.3 Å². The number of hydrogen-bond donors (Lipinski definition) is 2. The van der Waals surface area contributed by atoms with Gasteiger partial charge in [-0.1, -0.05) is 12.1 Å². The van der Waals surface area contributed by atoms with E-state index in [9.17, 15) is 4.79 Å². The normalized spacial score (nSPS) is 19.9. The Hall–Kier alpha value is -1.55. The first kappa shape index (κ1) is 12.5. The highest BCUT2D eigenvalue weighted by molar-refractivity contribution is 5.96. The molecule has 2 fully saturated rings. The summed E-state index contributed by atoms with van der Waals surface area (Å²) in [5.74, 6) is 0.276. The fourth-order valence-corrected chi connectivity index (χ4v) is 2.70. The summed E-state index contributed by atoms with van der Waals surface area (Å²) < 4.78 is 0. The smallest absolute Gasteiger partial charge is 0.230 e. The van der Waals surface area contributed by atoms with Gasteiger partial charge >= 0.3 is 0 Å². The third kappa shape index (κ3) is 2.73. The molecular weight excluding hydrogens is 238 g/mol. The Morgan fingerprint density at radius 1 is 1.16 bits per heavy atom. The molecule has 1 amide bonds. The van der Waals surface area contributed by atoms with Crippen LogP contribution < -0.4 is 15.5 Å². The minimum absolute atomic E-state index is 0.134. The predicted molar refractivity (Wildman–Crippen MR) is 77.5 cm³/mol. The summed E-state index contributed by atoms with van der Waals surface area (Å²) in [5.41, 5.74) is 2.13. The Morgan fingerprint density at radius 3 is 2.58 bits per heavy atom. The second-order valence-electron chi connectivity index (χ2n) is 5.41. The number of carbonyl (C=O) groups excluding carboxylic acids is 1. The van der Waals surface area contributed by atoms with Gasteiger partial charge in [-0.2, -0.15) is 0 Å². The van der Waals surface area contributed by atoms with E-state index in [0.29, 0.717) is 0 Å². The molecule has 2 heterocycles. The molecule has 19 heavy (non-hydrogen) atoms. The van der Waals surface area contributed by atoms with E-state index in [1.807, 2.05) is 18.2 Å². The van der Waals surface area contributed by atoms with Crippen LogP contribution in [0.15, 0.2) is 24.3 Å². The number of benzene rings is 1. The van der Waals surface area contributed by atoms with Crippen LogP contribution in [-0.2, 0) is 4.79 Å². The van der Waals surface area contributed by atoms with Crippen molar-refractivity contribution in [3.63, 3.8) is 0 Å². The summed E-state index contributed by atoms with van der Waals surface area (Å²) in [6, 6.07) is 8.15. The highest BCUT2D eigenvalue weighted by Crippen LogP contribution is 2.28. The molecule has 0 spiro atoms. The van der Waals surface area contributed by atoms with Gasteiger partial charge in [-0.3, -0.25) is 4.79 Å². The van der Waals surface area contributed by atoms with Crippen molar-refractivity contribution in [1.29, 1.82) is 0 Å². The number of para-hydroxylation sites is 2. The first-order valence-corrected chi connectivity index (χ1v) is 7.20. The molecular formula is C15H21N3O. The average Bonchev–Trinajstić information content (AvgIpc) is 2.38. The van der Waals surface area contributed by atoms with Gasteiger partial charge in [0.05, 0.1) is 17.3 Å². The number of amides is 1. The molecule has 0 aromatic heterocycles. The summed E-state index contributed by atoms with van der Waals surface area (Å²) in [7, 11) is 0. The van der Waals surface area contributed by atoms with Gasteiger partial charge in [0, 0.05) is 26.2 Å². The fourth-order valence-electron chi connectivity index (χ4n) is 2.70. The molecule has 3 rings (SSSR count). The van der Waals surface area contributed by atoms with Gasteiger partial charge in [-0.25, -0.2) is 0 Å². The van der Waals surface area contributed by atoms with E-state index in [-0.39, 0.29) is 11.8 Å². The number of carbonyl (C=O) groups is 1. The molecule has 0 aliphatic carbocycles. The number of hydrogen-bond acceptors (Lipinski definition) is 3. The summed E-state index contributed by atoms with van der Waals surface area (Å²) >= 11 is 0. The Bertz CT molecular complexity index is 450. The summed E-state index contributed by atoms with van der Waals surface area (Å²) in [6.07, 6.45) is 3.81. The van der Waals surface area contributed by atoms with E-state index in [4.69, 9.17) is 0 Å². The van der Waals surface area contributed by atoms with Crippen LogP contribution in [0.2, 0.25) is 0 Å². The number of anilines is 2. The molecule has 0 saturated carbocycles. The van der Waals surface area contributed by atoms with Crippen LogP contribution in [0.5, 0.6) is 0 Å². The Balaban J connectivity index is 1.74. The second kappa shape index (κ2) is 5.61. The van der Waals surface area contributed by atoms with E-state index in [2.05, 4.69) is 21.6 Å². The van der Waals surface area contributed by atoms with Gasteiger partial charge in [0.1, 0.15) is 0 Å². The van der Waals surface area contributed by atoms with Gasteiger partial charge in [0.25, 0.3) is 0 Å². The first-order chi connectivity index (χ1) is 9.34. The molecule has 4 heteroatoms. The molecule has 0 radical (unpaired) electrons. The molecule has 4 nitrogen and oxygen atoms in total. The van der Waals surface area contributed by atoms with Crippen LogP contribution in [0, 0.1) is 5.92 Å². The van der Waals surface area contributed by atoms with Crippen molar-refractivity contribution in [2.75, 3.05) is 36.4 Å². The molecule has 2 saturated heterocycles. The van der Waals surface area contributed by atoms with Crippen molar-refractivity contribution < 1.29 is 4.79 Å². The number of rotatable bonds is 3. The van der Waals surface area contributed by atoms with Gasteiger partial charge in [-0.05, 0) is 31.4 Å². The van der Waals surface area contributed by atoms with Crippen LogP contribution in [-0.4, -0.2) is 32.1 Å². The fraction of sp³-hybridized carbons (Fsp3) is 0.533. The van der Waals surface area contributed by atoms with Gasteiger partial charge < -0.3 is 15.5 Å². The van der Waals surface area contributed by atoms with E-state index < -0.39 is 0 Å². The lowest BCUT2D eigenvalue weighted by atomic mass is 10.0. The van der Waals surface area contributed by atoms with Crippen molar-refractivity contribution in [3.8, 4) is 0 Å². The lowest BCUT2D eigenvalue weighted by molar-refractivity contribution is -0.121. The number of nitrogens with zero attached hydrogens (tertiary/aromatic N) is 1. The van der Waals surface area contributed by atoms with E-state index in [0.717, 1.165) is 31.9 Å². The molecule has 0 unspecified atom stereocenters. The van der Waals surface area contributed by atoms with Crippen molar-refractivity contribution in [2.45, 2.75) is 19.3 Å². The Morgan fingerprint density at radius 2 is 1.89 bits per heavy atom. The number of piperidine rings is 1. The van der Waals surface area contributed by atoms with Crippen molar-refractivity contribution >= 4 is 17.3 Å². The highest BCUT2D eigenvalue weighted by atomic mass is 16.2. The predicted octanol–water partition coefficient (Wildman–Crippen LogP) is 1.83. The molecule has 2 aliphatic heterocycles. The van der Waals surface area contributed by atoms with Crippen LogP contribution in [0.4, 0.5) is 11.4 Å². The molecule has 0 atom stereocenters. The molecule has 2 aliphatic rings. The zero-order valence-corrected chi connectivity index (χ0v) is 11.2. The van der Waals surface area contributed by atoms with Gasteiger partial charge in [-0.15, -0.1) is 0 Å². The summed E-state index contributed by atoms with van der Waals surface area (Å²) in [4.78, 5) is 14.4. The Labute approximate surface area is 114 Å². The largest absolute Gasteiger partial charge is 0.370 e. The maximum Gasteiger partial charge on any atom is 0.230 e. The molecule has 1 aromatic carbocycles. The zero-order chi connectivity index (χ0) is 13.1. The van der Waals surface area contributed by atoms with Crippen molar-refractivity contribution in [2.24, 2.45) is 5.92 Å². The van der Waals surface area contributed by atoms with Crippen molar-refractivity contribution in [1.82, 2.24) is 5.32 Å². The van der Waals surface area contributed by atoms with Crippen LogP contribution in [0.3, 0.4) is 0 Å². The SMILES string of the molecule is O=C(Nc1ccccc1N1CCCCC1)C1CNC1. The quantitative estimate of drug-likeness (QED) is 0.870. The van der Waals surface area contributed by atoms with E-state index in [1.54, 1.807) is 0 Å². The summed E-state index contributed by atoms with van der Waals surface area (Å²) in [6.45, 7) is 3.80. The van der Waals surface area contributed by atoms with E-state index >= 15 is 0 Å². The molecule has 102 valence electrons. The van der Waals surface area contributed by atoms with Crippen LogP contribution in [0.25, 0.3) is 0 Å². The minimum atomic E-state index is 0.134. The number of nitrogens with one attached hydrogen (secondary N) is 2.